The minimum absolute atomic E-state index is 0.139. The predicted octanol–water partition coefficient (Wildman–Crippen LogP) is 4.37. The normalized spacial score (nSPS) is 15.4. The van der Waals surface area contributed by atoms with E-state index in [1.807, 2.05) is 30.3 Å². The zero-order valence-electron chi connectivity index (χ0n) is 12.7. The van der Waals surface area contributed by atoms with Gasteiger partial charge in [0.15, 0.2) is 5.75 Å². The first-order valence-electron chi connectivity index (χ1n) is 7.64. The van der Waals surface area contributed by atoms with Gasteiger partial charge >= 0.3 is 5.97 Å². The monoisotopic (exact) mass is 339 g/mol. The Bertz CT molecular complexity index is 965. The summed E-state index contributed by atoms with van der Waals surface area (Å²) in [4.78, 5) is 16.3. The molecular formula is C19H14ClNO3. The number of fused-ring (bicyclic) bond motifs is 1. The second-order valence-corrected chi connectivity index (χ2v) is 6.54. The van der Waals surface area contributed by atoms with Gasteiger partial charge in [-0.25, -0.2) is 9.78 Å². The molecule has 0 amide bonds. The van der Waals surface area contributed by atoms with Crippen LogP contribution >= 0.6 is 11.6 Å². The van der Waals surface area contributed by atoms with Crippen LogP contribution in [0.5, 0.6) is 5.75 Å². The zero-order valence-corrected chi connectivity index (χ0v) is 13.4. The van der Waals surface area contributed by atoms with Crippen molar-refractivity contribution in [3.05, 3.63) is 70.4 Å². The summed E-state index contributed by atoms with van der Waals surface area (Å²) >= 11 is 5.98. The molecule has 2 N–H and O–H groups in total. The third-order valence-corrected chi connectivity index (χ3v) is 4.90. The first-order valence-corrected chi connectivity index (χ1v) is 8.02. The number of carboxylic acid groups (broad SMARTS) is 1. The minimum atomic E-state index is -1.19. The lowest BCUT2D eigenvalue weighted by atomic mass is 9.89. The highest BCUT2D eigenvalue weighted by Crippen LogP contribution is 2.56. The molecule has 3 aromatic rings. The van der Waals surface area contributed by atoms with Gasteiger partial charge in [-0.15, -0.1) is 0 Å². The lowest BCUT2D eigenvalue weighted by Crippen LogP contribution is -2.14. The van der Waals surface area contributed by atoms with E-state index in [1.165, 1.54) is 6.07 Å². The topological polar surface area (TPSA) is 70.4 Å². The van der Waals surface area contributed by atoms with E-state index in [-0.39, 0.29) is 11.3 Å². The molecule has 4 rings (SSSR count). The summed E-state index contributed by atoms with van der Waals surface area (Å²) in [6, 6.07) is 14.7. The Morgan fingerprint density at radius 1 is 1.12 bits per heavy atom. The molecule has 2 aromatic carbocycles. The molecule has 4 nitrogen and oxygen atoms in total. The summed E-state index contributed by atoms with van der Waals surface area (Å²) in [6.45, 7) is 0. The van der Waals surface area contributed by atoms with E-state index < -0.39 is 11.4 Å². The van der Waals surface area contributed by atoms with Crippen LogP contribution in [0.25, 0.3) is 10.9 Å². The second-order valence-electron chi connectivity index (χ2n) is 6.10. The van der Waals surface area contributed by atoms with Crippen molar-refractivity contribution in [2.45, 2.75) is 18.3 Å². The molecule has 1 saturated carbocycles. The summed E-state index contributed by atoms with van der Waals surface area (Å²) in [5.41, 5.74) is 1.44. The highest BCUT2D eigenvalue weighted by molar-refractivity contribution is 6.31. The Morgan fingerprint density at radius 2 is 1.83 bits per heavy atom. The van der Waals surface area contributed by atoms with Crippen molar-refractivity contribution in [3.63, 3.8) is 0 Å². The molecule has 0 bridgehead atoms. The summed E-state index contributed by atoms with van der Waals surface area (Å²) in [5, 5.41) is 21.1. The molecular weight excluding hydrogens is 326 g/mol. The average Bonchev–Trinajstić information content (AvgIpc) is 3.36. The molecule has 1 aliphatic rings. The van der Waals surface area contributed by atoms with Crippen LogP contribution in [0, 0.1) is 0 Å². The summed E-state index contributed by atoms with van der Waals surface area (Å²) in [6.07, 6.45) is 1.66. The van der Waals surface area contributed by atoms with Crippen LogP contribution in [-0.4, -0.2) is 21.2 Å². The number of carboxylic acids is 1. The largest absolute Gasteiger partial charge is 0.505 e. The van der Waals surface area contributed by atoms with Crippen molar-refractivity contribution in [1.29, 1.82) is 0 Å². The van der Waals surface area contributed by atoms with E-state index >= 15 is 0 Å². The van der Waals surface area contributed by atoms with Crippen molar-refractivity contribution in [2.24, 2.45) is 0 Å². The number of aromatic carboxylic acids is 1. The number of aromatic nitrogens is 1. The van der Waals surface area contributed by atoms with Gasteiger partial charge in [-0.3, -0.25) is 0 Å². The lowest BCUT2D eigenvalue weighted by Gasteiger charge is -2.19. The highest BCUT2D eigenvalue weighted by Gasteiger charge is 2.49. The van der Waals surface area contributed by atoms with Gasteiger partial charge in [0, 0.05) is 15.8 Å². The molecule has 1 fully saturated rings. The number of hydrogen-bond donors (Lipinski definition) is 2. The van der Waals surface area contributed by atoms with Gasteiger partial charge in [-0.05, 0) is 36.6 Å². The van der Waals surface area contributed by atoms with Gasteiger partial charge in [0.05, 0.1) is 11.2 Å². The van der Waals surface area contributed by atoms with E-state index in [0.717, 1.165) is 18.4 Å². The quantitative estimate of drug-likeness (QED) is 0.743. The smallest absolute Gasteiger partial charge is 0.340 e. The fraction of sp³-hybridized carbons (Fsp3) is 0.158. The molecule has 24 heavy (non-hydrogen) atoms. The fourth-order valence-electron chi connectivity index (χ4n) is 3.32. The van der Waals surface area contributed by atoms with Crippen molar-refractivity contribution in [1.82, 2.24) is 4.98 Å². The Labute approximate surface area is 143 Å². The molecule has 0 unspecified atom stereocenters. The SMILES string of the molecule is O=C(O)c1c(O)c(C2(c3ccccc3)CC2)nc2ccc(Cl)cc12. The maximum atomic E-state index is 11.8. The van der Waals surface area contributed by atoms with Crippen LogP contribution in [-0.2, 0) is 5.41 Å². The number of carbonyl (C=O) groups is 1. The summed E-state index contributed by atoms with van der Waals surface area (Å²) in [5.74, 6) is -1.45. The third kappa shape index (κ3) is 2.14. The number of rotatable bonds is 3. The van der Waals surface area contributed by atoms with E-state index in [4.69, 9.17) is 11.6 Å². The molecule has 0 radical (unpaired) electrons. The number of nitrogens with zero attached hydrogens (tertiary/aromatic N) is 1. The number of halogens is 1. The Kier molecular flexibility index (Phi) is 3.25. The molecule has 0 aliphatic heterocycles. The van der Waals surface area contributed by atoms with Crippen LogP contribution < -0.4 is 0 Å². The maximum absolute atomic E-state index is 11.8. The van der Waals surface area contributed by atoms with Crippen molar-refractivity contribution in [3.8, 4) is 5.75 Å². The van der Waals surface area contributed by atoms with E-state index in [1.54, 1.807) is 12.1 Å². The summed E-state index contributed by atoms with van der Waals surface area (Å²) in [7, 11) is 0. The molecule has 1 aliphatic carbocycles. The number of benzene rings is 2. The van der Waals surface area contributed by atoms with Gasteiger partial charge in [0.2, 0.25) is 0 Å². The molecule has 120 valence electrons. The van der Waals surface area contributed by atoms with Crippen LogP contribution in [0.3, 0.4) is 0 Å². The Morgan fingerprint density at radius 3 is 2.46 bits per heavy atom. The summed E-state index contributed by atoms with van der Waals surface area (Å²) < 4.78 is 0. The number of hydrogen-bond acceptors (Lipinski definition) is 3. The molecule has 0 atom stereocenters. The highest BCUT2D eigenvalue weighted by atomic mass is 35.5. The van der Waals surface area contributed by atoms with Crippen LogP contribution in [0.1, 0.15) is 34.5 Å². The molecule has 1 aromatic heterocycles. The van der Waals surface area contributed by atoms with E-state index in [2.05, 4.69) is 4.98 Å². The van der Waals surface area contributed by atoms with Gasteiger partial charge in [-0.1, -0.05) is 41.9 Å². The van der Waals surface area contributed by atoms with Crippen molar-refractivity contribution >= 4 is 28.5 Å². The average molecular weight is 340 g/mol. The lowest BCUT2D eigenvalue weighted by molar-refractivity contribution is 0.0695. The number of aromatic hydroxyl groups is 1. The first kappa shape index (κ1) is 15.0. The molecule has 5 heteroatoms. The Balaban J connectivity index is 2.03. The fourth-order valence-corrected chi connectivity index (χ4v) is 3.49. The van der Waals surface area contributed by atoms with Crippen molar-refractivity contribution in [2.75, 3.05) is 0 Å². The van der Waals surface area contributed by atoms with E-state index in [0.29, 0.717) is 21.6 Å². The van der Waals surface area contributed by atoms with Gasteiger partial charge < -0.3 is 10.2 Å². The van der Waals surface area contributed by atoms with Crippen LogP contribution in [0.15, 0.2) is 48.5 Å². The Hall–Kier alpha value is -2.59. The van der Waals surface area contributed by atoms with Gasteiger partial charge in [0.1, 0.15) is 5.56 Å². The van der Waals surface area contributed by atoms with Crippen LogP contribution in [0.4, 0.5) is 0 Å². The van der Waals surface area contributed by atoms with E-state index in [9.17, 15) is 15.0 Å². The van der Waals surface area contributed by atoms with Crippen LogP contribution in [0.2, 0.25) is 5.02 Å². The third-order valence-electron chi connectivity index (χ3n) is 4.66. The standard InChI is InChI=1S/C19H14ClNO3/c20-12-6-7-14-13(10-12)15(18(23)24)16(22)17(21-14)19(8-9-19)11-4-2-1-3-5-11/h1-7,10,22H,8-9H2,(H,23,24). The molecule has 1 heterocycles. The molecule has 0 spiro atoms. The number of pyridine rings is 1. The minimum Gasteiger partial charge on any atom is -0.505 e. The molecule has 0 saturated heterocycles. The first-order chi connectivity index (χ1) is 11.5. The zero-order chi connectivity index (χ0) is 16.9. The van der Waals surface area contributed by atoms with Gasteiger partial charge in [-0.2, -0.15) is 0 Å². The van der Waals surface area contributed by atoms with Crippen molar-refractivity contribution < 1.29 is 15.0 Å². The maximum Gasteiger partial charge on any atom is 0.340 e. The van der Waals surface area contributed by atoms with Gasteiger partial charge in [0.25, 0.3) is 0 Å². The second kappa shape index (κ2) is 5.21. The predicted molar refractivity (Wildman–Crippen MR) is 91.8 cm³/mol.